The number of ether oxygens (including phenoxy) is 2. The van der Waals surface area contributed by atoms with E-state index in [1.165, 1.54) is 0 Å². The van der Waals surface area contributed by atoms with Crippen molar-refractivity contribution in [1.82, 2.24) is 0 Å². The van der Waals surface area contributed by atoms with Crippen LogP contribution in [0.1, 0.15) is 86.0 Å². The molecule has 1 unspecified atom stereocenters. The Balaban J connectivity index is 1.48. The number of esters is 2. The van der Waals surface area contributed by atoms with Crippen molar-refractivity contribution in [3.63, 3.8) is 0 Å². The third-order valence-electron chi connectivity index (χ3n) is 10.9. The minimum atomic E-state index is -3.45. The van der Waals surface area contributed by atoms with Gasteiger partial charge in [0.1, 0.15) is 12.2 Å². The van der Waals surface area contributed by atoms with Crippen LogP contribution in [0.25, 0.3) is 0 Å². The van der Waals surface area contributed by atoms with Crippen molar-refractivity contribution in [3.8, 4) is 0 Å². The number of aliphatic hydroxyl groups is 1. The van der Waals surface area contributed by atoms with Crippen LogP contribution in [0.5, 0.6) is 0 Å². The van der Waals surface area contributed by atoms with Crippen molar-refractivity contribution < 1.29 is 33.3 Å². The number of fused-ring (bicyclic) bond motifs is 1. The summed E-state index contributed by atoms with van der Waals surface area (Å²) >= 11 is 0. The SMILES string of the molecule is CCC(C)(C)C(=O)O[C@H]1C[C@@H](C)[C@@H](OP(=O)(c2ccccc2)c2ccccc2)[C@@H]2CC[C@H](C)[C@H](CC[C@@H]3C[C@@H](O)CC(=O)O3)C12. The smallest absolute Gasteiger partial charge is 0.311 e. The van der Waals surface area contributed by atoms with Crippen LogP contribution in [0, 0.1) is 35.0 Å². The third kappa shape index (κ3) is 7.42. The maximum Gasteiger partial charge on any atom is 0.311 e. The van der Waals surface area contributed by atoms with E-state index in [2.05, 4.69) is 13.8 Å². The van der Waals surface area contributed by atoms with E-state index in [1.54, 1.807) is 0 Å². The van der Waals surface area contributed by atoms with Gasteiger partial charge in [-0.1, -0.05) is 63.6 Å². The number of carbonyl (C=O) groups is 2. The van der Waals surface area contributed by atoms with Crippen LogP contribution in [0.3, 0.4) is 0 Å². The quantitative estimate of drug-likeness (QED) is 0.225. The second kappa shape index (κ2) is 14.1. The molecule has 246 valence electrons. The minimum Gasteiger partial charge on any atom is -0.462 e. The van der Waals surface area contributed by atoms with Crippen molar-refractivity contribution in [2.75, 3.05) is 0 Å². The predicted molar refractivity (Wildman–Crippen MR) is 176 cm³/mol. The molecule has 5 rings (SSSR count). The van der Waals surface area contributed by atoms with Crippen LogP contribution in [0.2, 0.25) is 0 Å². The molecule has 2 aromatic carbocycles. The second-order valence-electron chi connectivity index (χ2n) is 14.4. The first-order chi connectivity index (χ1) is 21.4. The van der Waals surface area contributed by atoms with Crippen LogP contribution in [0.15, 0.2) is 60.7 Å². The van der Waals surface area contributed by atoms with Gasteiger partial charge in [0.25, 0.3) is 7.37 Å². The summed E-state index contributed by atoms with van der Waals surface area (Å²) in [5.41, 5.74) is -0.593. The topological polar surface area (TPSA) is 99.1 Å². The lowest BCUT2D eigenvalue weighted by Gasteiger charge is -2.53. The summed E-state index contributed by atoms with van der Waals surface area (Å²) in [6.45, 7) is 10.3. The zero-order chi connectivity index (χ0) is 32.4. The summed E-state index contributed by atoms with van der Waals surface area (Å²) in [7, 11) is -3.45. The highest BCUT2D eigenvalue weighted by Gasteiger charge is 2.54. The molecule has 45 heavy (non-hydrogen) atoms. The summed E-state index contributed by atoms with van der Waals surface area (Å²) in [5.74, 6) is 0.0855. The Kier molecular flexibility index (Phi) is 10.6. The van der Waals surface area contributed by atoms with Gasteiger partial charge in [0.2, 0.25) is 0 Å². The first-order valence-corrected chi connectivity index (χ1v) is 18.5. The number of cyclic esters (lactones) is 1. The zero-order valence-electron chi connectivity index (χ0n) is 27.5. The minimum absolute atomic E-state index is 0.00997. The highest BCUT2D eigenvalue weighted by molar-refractivity contribution is 7.74. The molecule has 9 atom stereocenters. The molecule has 0 aromatic heterocycles. The number of rotatable bonds is 10. The number of carbonyl (C=O) groups excluding carboxylic acids is 2. The lowest BCUT2D eigenvalue weighted by atomic mass is 9.57. The van der Waals surface area contributed by atoms with Gasteiger partial charge in [-0.05, 0) is 93.9 Å². The Morgan fingerprint density at radius 2 is 1.58 bits per heavy atom. The van der Waals surface area contributed by atoms with E-state index in [0.717, 1.165) is 19.3 Å². The highest BCUT2D eigenvalue weighted by atomic mass is 31.2. The molecule has 2 aromatic rings. The fourth-order valence-corrected chi connectivity index (χ4v) is 10.3. The molecule has 3 aliphatic rings. The first kappa shape index (κ1) is 33.9. The zero-order valence-corrected chi connectivity index (χ0v) is 28.4. The van der Waals surface area contributed by atoms with Crippen LogP contribution in [-0.2, 0) is 28.2 Å². The largest absolute Gasteiger partial charge is 0.462 e. The van der Waals surface area contributed by atoms with Crippen molar-refractivity contribution in [2.24, 2.45) is 35.0 Å². The Bertz CT molecular complexity index is 1300. The maximum absolute atomic E-state index is 15.1. The molecule has 0 bridgehead atoms. The van der Waals surface area contributed by atoms with Crippen LogP contribution >= 0.6 is 7.37 Å². The molecule has 2 saturated carbocycles. The van der Waals surface area contributed by atoms with Gasteiger partial charge < -0.3 is 19.1 Å². The fraction of sp³-hybridized carbons (Fsp3) is 0.622. The number of benzene rings is 2. The average molecular weight is 639 g/mol. The summed E-state index contributed by atoms with van der Waals surface area (Å²) in [6, 6.07) is 19.0. The summed E-state index contributed by atoms with van der Waals surface area (Å²) in [6.07, 6.45) is 3.54. The monoisotopic (exact) mass is 638 g/mol. The molecule has 0 spiro atoms. The maximum atomic E-state index is 15.1. The van der Waals surface area contributed by atoms with Crippen molar-refractivity contribution in [1.29, 1.82) is 0 Å². The van der Waals surface area contributed by atoms with Gasteiger partial charge in [0, 0.05) is 22.9 Å². The van der Waals surface area contributed by atoms with Gasteiger partial charge in [-0.2, -0.15) is 0 Å². The molecular weight excluding hydrogens is 587 g/mol. The number of aliphatic hydroxyl groups excluding tert-OH is 1. The third-order valence-corrected chi connectivity index (χ3v) is 13.4. The normalized spacial score (nSPS) is 32.3. The van der Waals surface area contributed by atoms with Crippen molar-refractivity contribution in [3.05, 3.63) is 60.7 Å². The Morgan fingerprint density at radius 3 is 2.16 bits per heavy atom. The molecule has 2 aliphatic carbocycles. The van der Waals surface area contributed by atoms with E-state index < -0.39 is 18.9 Å². The standard InChI is InChI=1S/C37H51O7P/c1-6-37(4,5)36(40)43-32-21-25(3)35(44-45(41,28-13-9-7-10-14-28)29-15-11-8-12-16-29)31-19-17-24(2)30(34(31)32)20-18-27-22-26(38)23-33(39)42-27/h7-16,24-27,30-32,34-35,38H,6,17-23H2,1-5H3/t24-,25+,26+,27+,30-,31+,32-,34?,35+/m0/s1. The predicted octanol–water partition coefficient (Wildman–Crippen LogP) is 6.81. The molecule has 7 nitrogen and oxygen atoms in total. The Hall–Kier alpha value is -2.47. The van der Waals surface area contributed by atoms with E-state index in [0.29, 0.717) is 42.2 Å². The van der Waals surface area contributed by atoms with Gasteiger partial charge >= 0.3 is 11.9 Å². The van der Waals surface area contributed by atoms with Gasteiger partial charge in [0.05, 0.1) is 24.0 Å². The average Bonchev–Trinajstić information content (AvgIpc) is 3.02. The van der Waals surface area contributed by atoms with Gasteiger partial charge in [-0.15, -0.1) is 0 Å². The van der Waals surface area contributed by atoms with Gasteiger partial charge in [-0.25, -0.2) is 0 Å². The lowest BCUT2D eigenvalue weighted by Crippen LogP contribution is -2.54. The Labute approximate surface area is 268 Å². The van der Waals surface area contributed by atoms with Crippen molar-refractivity contribution in [2.45, 2.75) is 110 Å². The van der Waals surface area contributed by atoms with Crippen LogP contribution in [-0.4, -0.2) is 41.5 Å². The van der Waals surface area contributed by atoms with Gasteiger partial charge in [-0.3, -0.25) is 14.2 Å². The summed E-state index contributed by atoms with van der Waals surface area (Å²) in [4.78, 5) is 25.6. The fourth-order valence-electron chi connectivity index (χ4n) is 7.91. The molecular formula is C37H51O7P. The molecule has 1 heterocycles. The first-order valence-electron chi connectivity index (χ1n) is 16.9. The molecule has 0 amide bonds. The van der Waals surface area contributed by atoms with Crippen molar-refractivity contribution >= 4 is 29.9 Å². The van der Waals surface area contributed by atoms with E-state index in [-0.39, 0.29) is 60.3 Å². The van der Waals surface area contributed by atoms with Crippen LogP contribution in [0.4, 0.5) is 0 Å². The van der Waals surface area contributed by atoms with E-state index in [4.69, 9.17) is 14.0 Å². The van der Waals surface area contributed by atoms with Gasteiger partial charge in [0.15, 0.2) is 0 Å². The van der Waals surface area contributed by atoms with E-state index >= 15 is 4.57 Å². The highest BCUT2D eigenvalue weighted by Crippen LogP contribution is 2.56. The summed E-state index contributed by atoms with van der Waals surface area (Å²) in [5, 5.41) is 11.6. The summed E-state index contributed by atoms with van der Waals surface area (Å²) < 4.78 is 34.2. The molecule has 1 saturated heterocycles. The number of hydrogen-bond acceptors (Lipinski definition) is 7. The van der Waals surface area contributed by atoms with Crippen LogP contribution < -0.4 is 10.6 Å². The molecule has 8 heteroatoms. The molecule has 1 N–H and O–H groups in total. The lowest BCUT2D eigenvalue weighted by molar-refractivity contribution is -0.181. The Morgan fingerprint density at radius 1 is 0.956 bits per heavy atom. The van der Waals surface area contributed by atoms with E-state index in [1.807, 2.05) is 81.4 Å². The molecule has 0 radical (unpaired) electrons. The molecule has 1 aliphatic heterocycles. The van der Waals surface area contributed by atoms with E-state index in [9.17, 15) is 14.7 Å². The number of hydrogen-bond donors (Lipinski definition) is 1. The molecule has 3 fully saturated rings. The second-order valence-corrected chi connectivity index (χ2v) is 16.8.